The van der Waals surface area contributed by atoms with Gasteiger partial charge in [-0.15, -0.1) is 0 Å². The minimum atomic E-state index is -4.33. The summed E-state index contributed by atoms with van der Waals surface area (Å²) >= 11 is 0. The zero-order valence-corrected chi connectivity index (χ0v) is 7.93. The summed E-state index contributed by atoms with van der Waals surface area (Å²) in [5, 5.41) is 0. The van der Waals surface area contributed by atoms with E-state index in [0.29, 0.717) is 17.9 Å². The summed E-state index contributed by atoms with van der Waals surface area (Å²) in [6.45, 7) is 1.83. The Balaban J connectivity index is 2.55. The van der Waals surface area contributed by atoms with Crippen LogP contribution in [0.15, 0.2) is 22.6 Å². The first-order chi connectivity index (χ1) is 7.00. The van der Waals surface area contributed by atoms with E-state index in [4.69, 9.17) is 4.42 Å². The van der Waals surface area contributed by atoms with Crippen LogP contribution in [0.25, 0.3) is 11.1 Å². The van der Waals surface area contributed by atoms with E-state index in [1.807, 2.05) is 6.92 Å². The highest BCUT2D eigenvalue weighted by Crippen LogP contribution is 2.31. The molecule has 1 aromatic carbocycles. The van der Waals surface area contributed by atoms with Crippen LogP contribution in [0.3, 0.4) is 0 Å². The van der Waals surface area contributed by atoms with Gasteiger partial charge in [0.1, 0.15) is 5.52 Å². The van der Waals surface area contributed by atoms with Crippen molar-refractivity contribution in [2.45, 2.75) is 19.5 Å². The van der Waals surface area contributed by atoms with Crippen molar-refractivity contribution < 1.29 is 17.6 Å². The standard InChI is InChI=1S/C10H8F3NO/c1-2-9-14-7-5-6(10(11,12)13)3-4-8(7)15-9/h3-5H,2H2,1H3. The molecule has 0 atom stereocenters. The maximum Gasteiger partial charge on any atom is 0.416 e. The van der Waals surface area contributed by atoms with Gasteiger partial charge in [0.15, 0.2) is 11.5 Å². The molecule has 0 N–H and O–H groups in total. The van der Waals surface area contributed by atoms with Gasteiger partial charge >= 0.3 is 6.18 Å². The maximum atomic E-state index is 12.3. The predicted octanol–water partition coefficient (Wildman–Crippen LogP) is 3.41. The van der Waals surface area contributed by atoms with Crippen molar-refractivity contribution in [1.82, 2.24) is 4.98 Å². The summed E-state index contributed by atoms with van der Waals surface area (Å²) in [5.41, 5.74) is -0.0625. The maximum absolute atomic E-state index is 12.3. The molecule has 0 radical (unpaired) electrons. The fourth-order valence-corrected chi connectivity index (χ4v) is 1.30. The summed E-state index contributed by atoms with van der Waals surface area (Å²) < 4.78 is 42.2. The lowest BCUT2D eigenvalue weighted by Gasteiger charge is -2.04. The molecule has 0 saturated carbocycles. The molecule has 0 aliphatic heterocycles. The van der Waals surface area contributed by atoms with Gasteiger partial charge in [0.2, 0.25) is 0 Å². The highest BCUT2D eigenvalue weighted by molar-refractivity contribution is 5.73. The summed E-state index contributed by atoms with van der Waals surface area (Å²) in [6.07, 6.45) is -3.77. The Morgan fingerprint density at radius 1 is 1.33 bits per heavy atom. The lowest BCUT2D eigenvalue weighted by atomic mass is 10.2. The molecule has 0 spiro atoms. The summed E-state index contributed by atoms with van der Waals surface area (Å²) in [4.78, 5) is 3.94. The van der Waals surface area contributed by atoms with Crippen LogP contribution >= 0.6 is 0 Å². The molecule has 0 aliphatic rings. The van der Waals surface area contributed by atoms with Crippen LogP contribution in [-0.2, 0) is 12.6 Å². The van der Waals surface area contributed by atoms with Crippen molar-refractivity contribution >= 4 is 11.1 Å². The third-order valence-electron chi connectivity index (χ3n) is 2.06. The van der Waals surface area contributed by atoms with Gasteiger partial charge in [-0.25, -0.2) is 4.98 Å². The second kappa shape index (κ2) is 3.25. The van der Waals surface area contributed by atoms with E-state index in [-0.39, 0.29) is 5.52 Å². The van der Waals surface area contributed by atoms with Gasteiger partial charge in [-0.2, -0.15) is 13.2 Å². The van der Waals surface area contributed by atoms with Gasteiger partial charge in [-0.05, 0) is 18.2 Å². The molecule has 0 fully saturated rings. The molecule has 5 heteroatoms. The number of alkyl halides is 3. The van der Waals surface area contributed by atoms with E-state index in [1.165, 1.54) is 6.07 Å². The second-order valence-corrected chi connectivity index (χ2v) is 3.14. The van der Waals surface area contributed by atoms with Gasteiger partial charge < -0.3 is 4.42 Å². The number of aryl methyl sites for hydroxylation is 1. The van der Waals surface area contributed by atoms with Gasteiger partial charge in [0.05, 0.1) is 5.56 Å². The Hall–Kier alpha value is -1.52. The molecule has 0 amide bonds. The first-order valence-electron chi connectivity index (χ1n) is 4.47. The number of hydrogen-bond acceptors (Lipinski definition) is 2. The van der Waals surface area contributed by atoms with Crippen molar-refractivity contribution in [3.05, 3.63) is 29.7 Å². The number of rotatable bonds is 1. The molecule has 2 aromatic rings. The minimum Gasteiger partial charge on any atom is -0.441 e. The van der Waals surface area contributed by atoms with Crippen LogP contribution in [0.1, 0.15) is 18.4 Å². The molecular formula is C10H8F3NO. The van der Waals surface area contributed by atoms with Gasteiger partial charge in [-0.3, -0.25) is 0 Å². The first-order valence-corrected chi connectivity index (χ1v) is 4.47. The molecule has 1 aromatic heterocycles. The zero-order valence-electron chi connectivity index (χ0n) is 7.93. The Bertz CT molecular complexity index is 487. The van der Waals surface area contributed by atoms with E-state index in [1.54, 1.807) is 0 Å². The number of benzene rings is 1. The van der Waals surface area contributed by atoms with E-state index < -0.39 is 11.7 Å². The molecule has 0 saturated heterocycles. The van der Waals surface area contributed by atoms with Crippen LogP contribution in [0.2, 0.25) is 0 Å². The average molecular weight is 215 g/mol. The lowest BCUT2D eigenvalue weighted by molar-refractivity contribution is -0.137. The van der Waals surface area contributed by atoms with Crippen molar-refractivity contribution in [2.75, 3.05) is 0 Å². The van der Waals surface area contributed by atoms with Crippen molar-refractivity contribution in [3.63, 3.8) is 0 Å². The SMILES string of the molecule is CCc1nc2cc(C(F)(F)F)ccc2o1. The Morgan fingerprint density at radius 3 is 2.67 bits per heavy atom. The average Bonchev–Trinajstić information content (AvgIpc) is 2.57. The zero-order chi connectivity index (χ0) is 11.1. The third kappa shape index (κ3) is 1.82. The predicted molar refractivity (Wildman–Crippen MR) is 48.4 cm³/mol. The van der Waals surface area contributed by atoms with Crippen LogP contribution in [-0.4, -0.2) is 4.98 Å². The summed E-state index contributed by atoms with van der Waals surface area (Å²) in [6, 6.07) is 3.29. The van der Waals surface area contributed by atoms with Gasteiger partial charge in [0.25, 0.3) is 0 Å². The number of hydrogen-bond donors (Lipinski definition) is 0. The van der Waals surface area contributed by atoms with Crippen molar-refractivity contribution in [1.29, 1.82) is 0 Å². The Kier molecular flexibility index (Phi) is 2.17. The highest BCUT2D eigenvalue weighted by Gasteiger charge is 2.30. The number of fused-ring (bicyclic) bond motifs is 1. The quantitative estimate of drug-likeness (QED) is 0.728. The highest BCUT2D eigenvalue weighted by atomic mass is 19.4. The molecule has 0 bridgehead atoms. The summed E-state index contributed by atoms with van der Waals surface area (Å²) in [7, 11) is 0. The smallest absolute Gasteiger partial charge is 0.416 e. The molecule has 1 heterocycles. The molecule has 80 valence electrons. The lowest BCUT2D eigenvalue weighted by Crippen LogP contribution is -2.03. The summed E-state index contributed by atoms with van der Waals surface area (Å²) in [5.74, 6) is 0.448. The van der Waals surface area contributed by atoms with E-state index in [9.17, 15) is 13.2 Å². The molecular weight excluding hydrogens is 207 g/mol. The molecule has 0 unspecified atom stereocenters. The van der Waals surface area contributed by atoms with E-state index >= 15 is 0 Å². The Labute approximate surface area is 83.7 Å². The minimum absolute atomic E-state index is 0.252. The van der Waals surface area contributed by atoms with Crippen LogP contribution in [0.5, 0.6) is 0 Å². The van der Waals surface area contributed by atoms with Crippen LogP contribution < -0.4 is 0 Å². The molecule has 0 aliphatic carbocycles. The molecule has 2 rings (SSSR count). The number of oxazole rings is 1. The second-order valence-electron chi connectivity index (χ2n) is 3.14. The number of nitrogens with zero attached hydrogens (tertiary/aromatic N) is 1. The number of aromatic nitrogens is 1. The largest absolute Gasteiger partial charge is 0.441 e. The fourth-order valence-electron chi connectivity index (χ4n) is 1.30. The Morgan fingerprint density at radius 2 is 2.07 bits per heavy atom. The van der Waals surface area contributed by atoms with Crippen molar-refractivity contribution in [3.8, 4) is 0 Å². The van der Waals surface area contributed by atoms with E-state index in [2.05, 4.69) is 4.98 Å². The fraction of sp³-hybridized carbons (Fsp3) is 0.300. The number of halogens is 3. The van der Waals surface area contributed by atoms with Gasteiger partial charge in [-0.1, -0.05) is 6.92 Å². The topological polar surface area (TPSA) is 26.0 Å². The van der Waals surface area contributed by atoms with Crippen LogP contribution in [0, 0.1) is 0 Å². The van der Waals surface area contributed by atoms with Crippen molar-refractivity contribution in [2.24, 2.45) is 0 Å². The van der Waals surface area contributed by atoms with Gasteiger partial charge in [0, 0.05) is 6.42 Å². The first kappa shape index (κ1) is 10.0. The molecule has 2 nitrogen and oxygen atoms in total. The normalized spacial score (nSPS) is 12.3. The monoisotopic (exact) mass is 215 g/mol. The third-order valence-corrected chi connectivity index (χ3v) is 2.06. The van der Waals surface area contributed by atoms with E-state index in [0.717, 1.165) is 12.1 Å². The van der Waals surface area contributed by atoms with Crippen LogP contribution in [0.4, 0.5) is 13.2 Å². The molecule has 15 heavy (non-hydrogen) atoms.